The number of nitrogens with zero attached hydrogens (tertiary/aromatic N) is 2. The second kappa shape index (κ2) is 6.02. The Kier molecular flexibility index (Phi) is 4.11. The molecule has 1 aromatic carbocycles. The first-order chi connectivity index (χ1) is 10.1. The van der Waals surface area contributed by atoms with Crippen LogP contribution >= 0.6 is 0 Å². The summed E-state index contributed by atoms with van der Waals surface area (Å²) in [6, 6.07) is 7.43. The van der Waals surface area contributed by atoms with Gasteiger partial charge in [0.05, 0.1) is 12.2 Å². The Morgan fingerprint density at radius 3 is 2.86 bits per heavy atom. The van der Waals surface area contributed by atoms with Crippen LogP contribution in [0.3, 0.4) is 0 Å². The average molecular weight is 283 g/mol. The lowest BCUT2D eigenvalue weighted by Gasteiger charge is -2.06. The maximum atomic E-state index is 4.65. The van der Waals surface area contributed by atoms with Crippen LogP contribution in [0.1, 0.15) is 48.2 Å². The molecule has 0 aliphatic heterocycles. The number of benzene rings is 1. The van der Waals surface area contributed by atoms with Gasteiger partial charge in [0.2, 0.25) is 0 Å². The zero-order valence-electron chi connectivity index (χ0n) is 13.3. The van der Waals surface area contributed by atoms with Crippen LogP contribution < -0.4 is 5.32 Å². The van der Waals surface area contributed by atoms with Crippen LogP contribution in [0.25, 0.3) is 0 Å². The van der Waals surface area contributed by atoms with Crippen molar-refractivity contribution in [1.29, 1.82) is 0 Å². The Labute approximate surface area is 127 Å². The standard InChI is InChI=1S/C18H25N3/c1-13(2)19-10-18-12-21(20-14(18)3)11-15-7-8-16-5-4-6-17(16)9-15/h7-9,12-13,19H,4-6,10-11H2,1-3H3. The van der Waals surface area contributed by atoms with Gasteiger partial charge in [0, 0.05) is 24.3 Å². The van der Waals surface area contributed by atoms with Crippen molar-refractivity contribution in [1.82, 2.24) is 15.1 Å². The van der Waals surface area contributed by atoms with Crippen LogP contribution in [0.15, 0.2) is 24.4 Å². The largest absolute Gasteiger partial charge is 0.310 e. The molecule has 1 aliphatic carbocycles. The van der Waals surface area contributed by atoms with Crippen LogP contribution in [0, 0.1) is 6.92 Å². The third-order valence-corrected chi connectivity index (χ3v) is 4.26. The predicted molar refractivity (Wildman–Crippen MR) is 86.5 cm³/mol. The number of hydrogen-bond donors (Lipinski definition) is 1. The number of nitrogens with one attached hydrogen (secondary N) is 1. The summed E-state index contributed by atoms with van der Waals surface area (Å²) in [5, 5.41) is 8.11. The summed E-state index contributed by atoms with van der Waals surface area (Å²) in [6.45, 7) is 8.20. The topological polar surface area (TPSA) is 29.9 Å². The molecule has 0 atom stereocenters. The van der Waals surface area contributed by atoms with E-state index in [-0.39, 0.29) is 0 Å². The Bertz CT molecular complexity index is 625. The quantitative estimate of drug-likeness (QED) is 0.913. The van der Waals surface area contributed by atoms with E-state index in [4.69, 9.17) is 0 Å². The van der Waals surface area contributed by atoms with Crippen LogP contribution in [0.2, 0.25) is 0 Å². The van der Waals surface area contributed by atoms with Crippen molar-refractivity contribution in [3.8, 4) is 0 Å². The summed E-state index contributed by atoms with van der Waals surface area (Å²) in [4.78, 5) is 0. The summed E-state index contributed by atoms with van der Waals surface area (Å²) in [7, 11) is 0. The Morgan fingerprint density at radius 1 is 1.24 bits per heavy atom. The van der Waals surface area contributed by atoms with Gasteiger partial charge in [0.25, 0.3) is 0 Å². The van der Waals surface area contributed by atoms with E-state index in [1.54, 1.807) is 0 Å². The number of hydrogen-bond acceptors (Lipinski definition) is 2. The number of aryl methyl sites for hydroxylation is 3. The molecule has 0 radical (unpaired) electrons. The number of aromatic nitrogens is 2. The zero-order valence-corrected chi connectivity index (χ0v) is 13.3. The number of rotatable bonds is 5. The highest BCUT2D eigenvalue weighted by atomic mass is 15.3. The number of fused-ring (bicyclic) bond motifs is 1. The highest BCUT2D eigenvalue weighted by Crippen LogP contribution is 2.23. The Hall–Kier alpha value is -1.61. The van der Waals surface area contributed by atoms with Crippen LogP contribution in [-0.4, -0.2) is 15.8 Å². The summed E-state index contributed by atoms with van der Waals surface area (Å²) < 4.78 is 2.07. The lowest BCUT2D eigenvalue weighted by molar-refractivity contribution is 0.587. The van der Waals surface area contributed by atoms with E-state index in [1.807, 2.05) is 0 Å². The first kappa shape index (κ1) is 14.3. The molecule has 3 rings (SSSR count). The van der Waals surface area contributed by atoms with E-state index in [1.165, 1.54) is 41.5 Å². The fourth-order valence-electron chi connectivity index (χ4n) is 3.04. The Balaban J connectivity index is 1.71. The van der Waals surface area contributed by atoms with Crippen LogP contribution in [-0.2, 0) is 25.9 Å². The normalized spacial score (nSPS) is 13.9. The van der Waals surface area contributed by atoms with Gasteiger partial charge >= 0.3 is 0 Å². The van der Waals surface area contributed by atoms with Crippen LogP contribution in [0.5, 0.6) is 0 Å². The lowest BCUT2D eigenvalue weighted by atomic mass is 10.1. The molecule has 3 heteroatoms. The fraction of sp³-hybridized carbons (Fsp3) is 0.500. The molecule has 1 aliphatic rings. The monoisotopic (exact) mass is 283 g/mol. The molecule has 1 aromatic heterocycles. The molecule has 0 amide bonds. The van der Waals surface area contributed by atoms with E-state index >= 15 is 0 Å². The van der Waals surface area contributed by atoms with Crippen molar-refractivity contribution in [2.45, 2.75) is 59.2 Å². The smallest absolute Gasteiger partial charge is 0.0659 e. The first-order valence-electron chi connectivity index (χ1n) is 7.99. The third kappa shape index (κ3) is 3.35. The average Bonchev–Trinajstić information content (AvgIpc) is 3.02. The van der Waals surface area contributed by atoms with E-state index in [9.17, 15) is 0 Å². The molecule has 0 fully saturated rings. The van der Waals surface area contributed by atoms with Crippen LogP contribution in [0.4, 0.5) is 0 Å². The summed E-state index contributed by atoms with van der Waals surface area (Å²) in [5.74, 6) is 0. The molecule has 1 N–H and O–H groups in total. The van der Waals surface area contributed by atoms with Gasteiger partial charge in [0.1, 0.15) is 0 Å². The maximum Gasteiger partial charge on any atom is 0.0659 e. The first-order valence-corrected chi connectivity index (χ1v) is 7.99. The van der Waals surface area contributed by atoms with Gasteiger partial charge in [-0.25, -0.2) is 0 Å². The van der Waals surface area contributed by atoms with Crippen molar-refractivity contribution < 1.29 is 0 Å². The van der Waals surface area contributed by atoms with Gasteiger partial charge in [0.15, 0.2) is 0 Å². The molecule has 21 heavy (non-hydrogen) atoms. The predicted octanol–water partition coefficient (Wildman–Crippen LogP) is 3.23. The molecule has 0 unspecified atom stereocenters. The highest BCUT2D eigenvalue weighted by molar-refractivity contribution is 5.35. The van der Waals surface area contributed by atoms with Gasteiger partial charge in [-0.2, -0.15) is 5.10 Å². The molecule has 112 valence electrons. The minimum Gasteiger partial charge on any atom is -0.310 e. The molecule has 0 bridgehead atoms. The molecule has 0 saturated heterocycles. The molecular formula is C18H25N3. The summed E-state index contributed by atoms with van der Waals surface area (Å²) in [5.41, 5.74) is 6.87. The van der Waals surface area contributed by atoms with Gasteiger partial charge in [-0.3, -0.25) is 4.68 Å². The van der Waals surface area contributed by atoms with Gasteiger partial charge in [-0.05, 0) is 42.9 Å². The molecule has 2 aromatic rings. The van der Waals surface area contributed by atoms with E-state index in [0.717, 1.165) is 18.8 Å². The minimum atomic E-state index is 0.504. The summed E-state index contributed by atoms with van der Waals surface area (Å²) in [6.07, 6.45) is 5.98. The highest BCUT2D eigenvalue weighted by Gasteiger charge is 2.11. The molecule has 1 heterocycles. The molecule has 3 nitrogen and oxygen atoms in total. The zero-order chi connectivity index (χ0) is 14.8. The Morgan fingerprint density at radius 2 is 2.05 bits per heavy atom. The van der Waals surface area contributed by atoms with Crippen molar-refractivity contribution in [2.24, 2.45) is 0 Å². The molecule has 0 spiro atoms. The van der Waals surface area contributed by atoms with E-state index in [2.05, 4.69) is 60.3 Å². The van der Waals surface area contributed by atoms with E-state index < -0.39 is 0 Å². The van der Waals surface area contributed by atoms with E-state index in [0.29, 0.717) is 6.04 Å². The SMILES string of the molecule is Cc1nn(Cc2ccc3c(c2)CCC3)cc1CNC(C)C. The third-order valence-electron chi connectivity index (χ3n) is 4.26. The van der Waals surface area contributed by atoms with Gasteiger partial charge in [-0.15, -0.1) is 0 Å². The molecule has 0 saturated carbocycles. The summed E-state index contributed by atoms with van der Waals surface area (Å²) >= 11 is 0. The van der Waals surface area contributed by atoms with Gasteiger partial charge < -0.3 is 5.32 Å². The van der Waals surface area contributed by atoms with Gasteiger partial charge in [-0.1, -0.05) is 32.0 Å². The minimum absolute atomic E-state index is 0.504. The fourth-order valence-corrected chi connectivity index (χ4v) is 3.04. The second-order valence-corrected chi connectivity index (χ2v) is 6.43. The second-order valence-electron chi connectivity index (χ2n) is 6.43. The lowest BCUT2D eigenvalue weighted by Crippen LogP contribution is -2.21. The maximum absolute atomic E-state index is 4.65. The van der Waals surface area contributed by atoms with Crippen molar-refractivity contribution in [3.63, 3.8) is 0 Å². The van der Waals surface area contributed by atoms with Crippen molar-refractivity contribution in [2.75, 3.05) is 0 Å². The van der Waals surface area contributed by atoms with Crippen molar-refractivity contribution in [3.05, 3.63) is 52.3 Å². The molecular weight excluding hydrogens is 258 g/mol. The van der Waals surface area contributed by atoms with Crippen molar-refractivity contribution >= 4 is 0 Å².